The number of carbonyl (C=O) groups excluding carboxylic acids is 3. The van der Waals surface area contributed by atoms with Crippen LogP contribution in [0.3, 0.4) is 0 Å². The van der Waals surface area contributed by atoms with Crippen molar-refractivity contribution in [2.75, 3.05) is 23.8 Å². The van der Waals surface area contributed by atoms with Gasteiger partial charge >= 0.3 is 0 Å². The number of nitrogens with two attached hydrogens (primary N) is 1. The number of amides is 3. The van der Waals surface area contributed by atoms with Gasteiger partial charge in [-0.2, -0.15) is 0 Å². The number of nitrogens with zero attached hydrogens (tertiary/aromatic N) is 1. The summed E-state index contributed by atoms with van der Waals surface area (Å²) in [5.41, 5.74) is 7.42. The zero-order valence-corrected chi connectivity index (χ0v) is 16.3. The standard InChI is InChI=1S/C21H26N4O3/c1-14(2)19(22)20(27)23-13-18(26)24-16-9-7-8-15(12-16)21(28)25(3)17-10-5-4-6-11-17/h4-12,14,19H,13,22H2,1-3H3,(H,23,27)(H,24,26)/t19-/m0/s1. The Morgan fingerprint density at radius 3 is 2.36 bits per heavy atom. The molecule has 28 heavy (non-hydrogen) atoms. The molecule has 0 spiro atoms. The molecule has 7 heteroatoms. The van der Waals surface area contributed by atoms with Crippen molar-refractivity contribution < 1.29 is 14.4 Å². The van der Waals surface area contributed by atoms with Gasteiger partial charge in [-0.15, -0.1) is 0 Å². The van der Waals surface area contributed by atoms with Crippen molar-refractivity contribution in [1.29, 1.82) is 0 Å². The van der Waals surface area contributed by atoms with Crippen LogP contribution in [-0.4, -0.2) is 37.4 Å². The molecule has 0 fully saturated rings. The maximum atomic E-state index is 12.7. The average molecular weight is 382 g/mol. The van der Waals surface area contributed by atoms with Gasteiger partial charge in [0.1, 0.15) is 0 Å². The number of carbonyl (C=O) groups is 3. The van der Waals surface area contributed by atoms with Crippen molar-refractivity contribution >= 4 is 29.1 Å². The van der Waals surface area contributed by atoms with Crippen LogP contribution < -0.4 is 21.3 Å². The minimum atomic E-state index is -0.665. The largest absolute Gasteiger partial charge is 0.346 e. The second-order valence-corrected chi connectivity index (χ2v) is 6.82. The van der Waals surface area contributed by atoms with Crippen molar-refractivity contribution in [2.24, 2.45) is 11.7 Å². The van der Waals surface area contributed by atoms with Gasteiger partial charge < -0.3 is 21.3 Å². The van der Waals surface area contributed by atoms with Gasteiger partial charge in [0.25, 0.3) is 5.91 Å². The Hall–Kier alpha value is -3.19. The lowest BCUT2D eigenvalue weighted by molar-refractivity contribution is -0.125. The number of rotatable bonds is 7. The summed E-state index contributed by atoms with van der Waals surface area (Å²) in [6.07, 6.45) is 0. The highest BCUT2D eigenvalue weighted by Crippen LogP contribution is 2.17. The number of benzene rings is 2. The molecule has 0 radical (unpaired) electrons. The van der Waals surface area contributed by atoms with E-state index in [1.54, 1.807) is 31.3 Å². The molecule has 0 unspecified atom stereocenters. The molecule has 4 N–H and O–H groups in total. The zero-order chi connectivity index (χ0) is 20.7. The van der Waals surface area contributed by atoms with Crippen LogP contribution >= 0.6 is 0 Å². The summed E-state index contributed by atoms with van der Waals surface area (Å²) in [5.74, 6) is -0.991. The first-order chi connectivity index (χ1) is 13.3. The highest BCUT2D eigenvalue weighted by Gasteiger charge is 2.18. The molecule has 148 valence electrons. The lowest BCUT2D eigenvalue weighted by Gasteiger charge is -2.18. The van der Waals surface area contributed by atoms with Gasteiger partial charge in [-0.1, -0.05) is 38.1 Å². The number of hydrogen-bond acceptors (Lipinski definition) is 4. The van der Waals surface area contributed by atoms with E-state index in [4.69, 9.17) is 5.73 Å². The van der Waals surface area contributed by atoms with Gasteiger partial charge in [0.15, 0.2) is 0 Å². The molecule has 0 aliphatic carbocycles. The quantitative estimate of drug-likeness (QED) is 0.681. The average Bonchev–Trinajstić information content (AvgIpc) is 2.71. The molecule has 2 aromatic carbocycles. The molecular formula is C21H26N4O3. The van der Waals surface area contributed by atoms with Crippen LogP contribution in [0.15, 0.2) is 54.6 Å². The van der Waals surface area contributed by atoms with Crippen LogP contribution in [0.25, 0.3) is 0 Å². The van der Waals surface area contributed by atoms with Gasteiger partial charge in [0, 0.05) is 24.0 Å². The highest BCUT2D eigenvalue weighted by molar-refractivity contribution is 6.06. The normalized spacial score (nSPS) is 11.6. The molecule has 0 bridgehead atoms. The first-order valence-electron chi connectivity index (χ1n) is 9.06. The molecule has 2 rings (SSSR count). The molecule has 0 aliphatic heterocycles. The van der Waals surface area contributed by atoms with Crippen LogP contribution in [-0.2, 0) is 9.59 Å². The number of hydrogen-bond donors (Lipinski definition) is 3. The monoisotopic (exact) mass is 382 g/mol. The van der Waals surface area contributed by atoms with Gasteiger partial charge in [-0.3, -0.25) is 14.4 Å². The zero-order valence-electron chi connectivity index (χ0n) is 16.3. The van der Waals surface area contributed by atoms with Crippen LogP contribution in [0.2, 0.25) is 0 Å². The van der Waals surface area contributed by atoms with Crippen molar-refractivity contribution in [3.05, 3.63) is 60.2 Å². The van der Waals surface area contributed by atoms with E-state index in [-0.39, 0.29) is 24.3 Å². The highest BCUT2D eigenvalue weighted by atomic mass is 16.2. The number of anilines is 2. The number of nitrogens with one attached hydrogen (secondary N) is 2. The second-order valence-electron chi connectivity index (χ2n) is 6.82. The molecule has 3 amide bonds. The summed E-state index contributed by atoms with van der Waals surface area (Å²) in [6.45, 7) is 3.47. The van der Waals surface area contributed by atoms with E-state index in [9.17, 15) is 14.4 Å². The summed E-state index contributed by atoms with van der Waals surface area (Å²) in [6, 6.07) is 15.3. The van der Waals surface area contributed by atoms with Crippen molar-refractivity contribution in [1.82, 2.24) is 5.32 Å². The van der Waals surface area contributed by atoms with Gasteiger partial charge in [-0.05, 0) is 36.2 Å². The van der Waals surface area contributed by atoms with Gasteiger partial charge in [0.2, 0.25) is 11.8 Å². The summed E-state index contributed by atoms with van der Waals surface area (Å²) >= 11 is 0. The summed E-state index contributed by atoms with van der Waals surface area (Å²) < 4.78 is 0. The van der Waals surface area contributed by atoms with E-state index in [0.29, 0.717) is 11.3 Å². The predicted octanol–water partition coefficient (Wildman–Crippen LogP) is 2.00. The fraction of sp³-hybridized carbons (Fsp3) is 0.286. The fourth-order valence-electron chi connectivity index (χ4n) is 2.49. The predicted molar refractivity (Wildman–Crippen MR) is 110 cm³/mol. The van der Waals surface area contributed by atoms with E-state index in [0.717, 1.165) is 5.69 Å². The third kappa shape index (κ3) is 5.65. The van der Waals surface area contributed by atoms with Crippen LogP contribution in [0, 0.1) is 5.92 Å². The molecule has 7 nitrogen and oxygen atoms in total. The third-order valence-electron chi connectivity index (χ3n) is 4.29. The van der Waals surface area contributed by atoms with E-state index in [2.05, 4.69) is 10.6 Å². The van der Waals surface area contributed by atoms with Crippen LogP contribution in [0.1, 0.15) is 24.2 Å². The molecular weight excluding hydrogens is 356 g/mol. The lowest BCUT2D eigenvalue weighted by Crippen LogP contribution is -2.46. The maximum absolute atomic E-state index is 12.7. The fourth-order valence-corrected chi connectivity index (χ4v) is 2.49. The molecule has 2 aromatic rings. The first kappa shape index (κ1) is 21.1. The molecule has 1 atom stereocenters. The molecule has 0 saturated heterocycles. The molecule has 0 aromatic heterocycles. The Morgan fingerprint density at radius 2 is 1.71 bits per heavy atom. The smallest absolute Gasteiger partial charge is 0.258 e. The Bertz CT molecular complexity index is 837. The van der Waals surface area contributed by atoms with E-state index in [1.165, 1.54) is 4.90 Å². The maximum Gasteiger partial charge on any atom is 0.258 e. The summed E-state index contributed by atoms with van der Waals surface area (Å²) in [4.78, 5) is 38.1. The van der Waals surface area contributed by atoms with Crippen LogP contribution in [0.4, 0.5) is 11.4 Å². The summed E-state index contributed by atoms with van der Waals surface area (Å²) in [7, 11) is 1.69. The van der Waals surface area contributed by atoms with Crippen molar-refractivity contribution in [3.8, 4) is 0 Å². The SMILES string of the molecule is CC(C)[C@H](N)C(=O)NCC(=O)Nc1cccc(C(=O)N(C)c2ccccc2)c1. The second kappa shape index (κ2) is 9.66. The molecule has 0 aliphatic rings. The Morgan fingerprint density at radius 1 is 1.04 bits per heavy atom. The Balaban J connectivity index is 1.98. The topological polar surface area (TPSA) is 105 Å². The van der Waals surface area contributed by atoms with Gasteiger partial charge in [0.05, 0.1) is 12.6 Å². The number of para-hydroxylation sites is 1. The summed E-state index contributed by atoms with van der Waals surface area (Å²) in [5, 5.41) is 5.18. The minimum Gasteiger partial charge on any atom is -0.346 e. The lowest BCUT2D eigenvalue weighted by atomic mass is 10.1. The van der Waals surface area contributed by atoms with Crippen molar-refractivity contribution in [2.45, 2.75) is 19.9 Å². The Kier molecular flexibility index (Phi) is 7.28. The van der Waals surface area contributed by atoms with E-state index in [1.807, 2.05) is 44.2 Å². The molecule has 0 heterocycles. The van der Waals surface area contributed by atoms with Crippen LogP contribution in [0.5, 0.6) is 0 Å². The van der Waals surface area contributed by atoms with Crippen molar-refractivity contribution in [3.63, 3.8) is 0 Å². The molecule has 0 saturated carbocycles. The van der Waals surface area contributed by atoms with E-state index < -0.39 is 11.9 Å². The Labute approximate surface area is 164 Å². The first-order valence-corrected chi connectivity index (χ1v) is 9.06. The third-order valence-corrected chi connectivity index (χ3v) is 4.29. The minimum absolute atomic E-state index is 0.0210. The van der Waals surface area contributed by atoms with E-state index >= 15 is 0 Å². The van der Waals surface area contributed by atoms with Gasteiger partial charge in [-0.25, -0.2) is 0 Å².